The van der Waals surface area contributed by atoms with Gasteiger partial charge in [0.25, 0.3) is 0 Å². The van der Waals surface area contributed by atoms with Crippen molar-refractivity contribution >= 4 is 59.7 Å². The quantitative estimate of drug-likeness (QED) is 0.148. The van der Waals surface area contributed by atoms with Crippen LogP contribution < -0.4 is 0 Å². The fourth-order valence-corrected chi connectivity index (χ4v) is 12.3. The van der Waals surface area contributed by atoms with Gasteiger partial charge in [0.05, 0.1) is 36.8 Å². The van der Waals surface area contributed by atoms with Gasteiger partial charge in [-0.05, 0) is 83.4 Å². The molecule has 5 heterocycles. The normalized spacial score (nSPS) is 43.4. The van der Waals surface area contributed by atoms with Crippen LogP contribution in [0.2, 0.25) is 10.4 Å². The second-order valence-electron chi connectivity index (χ2n) is 16.8. The van der Waals surface area contributed by atoms with Gasteiger partial charge in [0, 0.05) is 23.2 Å². The van der Waals surface area contributed by atoms with Crippen LogP contribution >= 0.6 is 48.6 Å². The Morgan fingerprint density at radius 1 is 0.778 bits per heavy atom. The van der Waals surface area contributed by atoms with Crippen LogP contribution in [0, 0.1) is 22.7 Å². The van der Waals surface area contributed by atoms with E-state index >= 15 is 0 Å². The van der Waals surface area contributed by atoms with Crippen molar-refractivity contribution in [3.8, 4) is 0 Å². The van der Waals surface area contributed by atoms with Crippen molar-refractivity contribution in [2.75, 3.05) is 18.5 Å². The molecule has 2 N–H and O–H groups in total. The molecule has 0 spiro atoms. The van der Waals surface area contributed by atoms with Gasteiger partial charge in [-0.2, -0.15) is 4.98 Å². The first-order valence-corrected chi connectivity index (χ1v) is 21.7. The largest absolute Gasteiger partial charge is 0.390 e. The highest BCUT2D eigenvalue weighted by Crippen LogP contribution is 2.72. The van der Waals surface area contributed by atoms with E-state index in [1.807, 2.05) is 46.1 Å². The van der Waals surface area contributed by atoms with Crippen molar-refractivity contribution in [1.82, 2.24) is 19.5 Å². The van der Waals surface area contributed by atoms with Gasteiger partial charge in [-0.25, -0.2) is 9.97 Å². The molecule has 2 aromatic heterocycles. The number of fused-ring (bicyclic) bond motifs is 8. The van der Waals surface area contributed by atoms with Gasteiger partial charge in [0.1, 0.15) is 36.0 Å². The highest BCUT2D eigenvalue weighted by atomic mass is 35.5. The van der Waals surface area contributed by atoms with E-state index in [0.717, 1.165) is 18.4 Å². The minimum Gasteiger partial charge on any atom is -0.390 e. The lowest BCUT2D eigenvalue weighted by atomic mass is 10.0. The molecular formula is C34H43Cl2N4O11P3. The molecule has 54 heavy (non-hydrogen) atoms. The van der Waals surface area contributed by atoms with Crippen LogP contribution in [-0.4, -0.2) is 114 Å². The molecule has 10 rings (SSSR count). The number of hydrogen-bond acceptors (Lipinski definition) is 14. The molecule has 3 saturated heterocycles. The third-order valence-electron chi connectivity index (χ3n) is 12.1. The number of aromatic nitrogens is 4. The second-order valence-corrected chi connectivity index (χ2v) is 19.3. The maximum Gasteiger partial charge on any atom is 0.225 e. The number of ether oxygens (including phenoxy) is 6. The van der Waals surface area contributed by atoms with Gasteiger partial charge < -0.3 is 43.2 Å². The fraction of sp³-hybridized carbons (Fsp3) is 0.794. The predicted octanol–water partition coefficient (Wildman–Crippen LogP) is 5.78. The zero-order chi connectivity index (χ0) is 38.7. The smallest absolute Gasteiger partial charge is 0.225 e. The molecule has 0 amide bonds. The Morgan fingerprint density at radius 2 is 1.35 bits per heavy atom. The number of rotatable bonds is 7. The third-order valence-corrected chi connectivity index (χ3v) is 14.5. The van der Waals surface area contributed by atoms with E-state index in [-0.39, 0.29) is 95.2 Å². The molecular weight excluding hydrogens is 804 g/mol. The topological polar surface area (TPSA) is 191 Å². The van der Waals surface area contributed by atoms with Gasteiger partial charge >= 0.3 is 0 Å². The minimum absolute atomic E-state index is 0.0134. The number of halogens is 2. The minimum atomic E-state index is -0.672. The molecule has 5 aliphatic carbocycles. The van der Waals surface area contributed by atoms with Gasteiger partial charge in [-0.15, -0.1) is 0 Å². The molecule has 2 aromatic rings. The Bertz CT molecular complexity index is 1900. The first-order valence-electron chi connectivity index (χ1n) is 18.0. The average Bonchev–Trinajstić information content (AvgIpc) is 3.44. The first kappa shape index (κ1) is 39.7. The Hall–Kier alpha value is -1.15. The van der Waals surface area contributed by atoms with Crippen LogP contribution in [0.5, 0.6) is 0 Å². The van der Waals surface area contributed by atoms with Crippen molar-refractivity contribution in [2.45, 2.75) is 127 Å². The summed E-state index contributed by atoms with van der Waals surface area (Å²) in [6.07, 6.45) is 4.60. The summed E-state index contributed by atoms with van der Waals surface area (Å²) in [5, 5.41) is 20.0. The summed E-state index contributed by atoms with van der Waals surface area (Å²) >= 11 is 12.1. The van der Waals surface area contributed by atoms with Crippen LogP contribution in [0.3, 0.4) is 0 Å². The number of aliphatic hydroxyl groups excluding tert-OH is 2. The lowest BCUT2D eigenvalue weighted by Gasteiger charge is -2.24. The van der Waals surface area contributed by atoms with Gasteiger partial charge in [-0.3, -0.25) is 13.7 Å². The number of aliphatic hydroxyl groups is 2. The molecule has 0 radical (unpaired) electrons. The van der Waals surface area contributed by atoms with Crippen molar-refractivity contribution in [2.24, 2.45) is 22.7 Å². The Morgan fingerprint density at radius 3 is 2.00 bits per heavy atom. The van der Waals surface area contributed by atoms with Crippen LogP contribution in [-0.2, 0) is 42.1 Å². The fourth-order valence-electron chi connectivity index (χ4n) is 9.87. The summed E-state index contributed by atoms with van der Waals surface area (Å²) in [5.74, 6) is -1.42. The summed E-state index contributed by atoms with van der Waals surface area (Å²) < 4.78 is 69.6. The highest BCUT2D eigenvalue weighted by molar-refractivity contribution is 7.24. The summed E-state index contributed by atoms with van der Waals surface area (Å²) in [7, 11) is 0.317. The van der Waals surface area contributed by atoms with E-state index in [2.05, 4.69) is 15.0 Å². The monoisotopic (exact) mass is 846 g/mol. The molecule has 294 valence electrons. The summed E-state index contributed by atoms with van der Waals surface area (Å²) in [4.78, 5) is 12.6. The molecule has 20 heteroatoms. The summed E-state index contributed by atoms with van der Waals surface area (Å²) in [6.45, 7) is 11.2. The van der Waals surface area contributed by atoms with E-state index in [1.54, 1.807) is 12.4 Å². The molecule has 0 aromatic carbocycles. The first-order chi connectivity index (χ1) is 25.4. The lowest BCUT2D eigenvalue weighted by molar-refractivity contribution is -0.166. The van der Waals surface area contributed by atoms with Crippen LogP contribution in [0.4, 0.5) is 0 Å². The molecule has 4 saturated carbocycles. The van der Waals surface area contributed by atoms with Crippen LogP contribution in [0.25, 0.3) is 11.2 Å². The highest BCUT2D eigenvalue weighted by Gasteiger charge is 2.76. The van der Waals surface area contributed by atoms with Gasteiger partial charge in [0.2, 0.25) is 5.28 Å². The zero-order valence-electron chi connectivity index (χ0n) is 30.5. The van der Waals surface area contributed by atoms with E-state index in [4.69, 9.17) is 51.6 Å². The van der Waals surface area contributed by atoms with E-state index in [0.29, 0.717) is 35.6 Å². The summed E-state index contributed by atoms with van der Waals surface area (Å²) in [5.41, 5.74) is 1.76. The maximum absolute atomic E-state index is 11.4. The van der Waals surface area contributed by atoms with Crippen molar-refractivity contribution in [1.29, 1.82) is 0 Å². The average molecular weight is 848 g/mol. The number of hydrogen-bond donors (Lipinski definition) is 2. The standard InChI is InChI=1S/C15H15Cl2N4O3P.C10H15O4P.C9H13O4P/c1-14(2)23-9-8(6-3-15(6,4-25-22)10(9)24-14)21-5-18-7-11(16)19-13(17)20-12(7)21;1-9(2)13-7-6(11)5-3-10(5,4-15-12)8(7)14-9;1-9(2)12-7-5(4-14-11)3-6(10)8(7)13-9/h5-6,8-10H,3-4H2,1-2H3;5-8,11H,3-4H2,1-2H3;3,6-8,10H,4H2,1-2H3/t6-,8-,9-,10?,15+;5-,6+,7+,8+,10+;6-,7+,8-/m110/s1. The van der Waals surface area contributed by atoms with Gasteiger partial charge in [-0.1, -0.05) is 17.7 Å². The van der Waals surface area contributed by atoms with Crippen molar-refractivity contribution < 1.29 is 52.3 Å². The van der Waals surface area contributed by atoms with Crippen LogP contribution in [0.1, 0.15) is 60.4 Å². The van der Waals surface area contributed by atoms with Crippen molar-refractivity contribution in [3.05, 3.63) is 28.4 Å². The zero-order valence-corrected chi connectivity index (χ0v) is 34.7. The lowest BCUT2D eigenvalue weighted by Crippen LogP contribution is -2.33. The van der Waals surface area contributed by atoms with Crippen molar-refractivity contribution in [3.63, 3.8) is 0 Å². The second kappa shape index (κ2) is 13.7. The third kappa shape index (κ3) is 6.55. The Balaban J connectivity index is 0.000000123. The number of imidazole rings is 1. The van der Waals surface area contributed by atoms with E-state index in [1.165, 1.54) is 0 Å². The van der Waals surface area contributed by atoms with E-state index < -0.39 is 29.6 Å². The van der Waals surface area contributed by atoms with E-state index in [9.17, 15) is 23.9 Å². The molecule has 13 atom stereocenters. The molecule has 8 aliphatic rings. The van der Waals surface area contributed by atoms with Gasteiger partial charge in [0.15, 0.2) is 53.5 Å². The predicted molar refractivity (Wildman–Crippen MR) is 194 cm³/mol. The molecule has 0 bridgehead atoms. The molecule has 7 fully saturated rings. The maximum atomic E-state index is 11.4. The molecule has 1 unspecified atom stereocenters. The Labute approximate surface area is 326 Å². The molecule has 3 aliphatic heterocycles. The SMILES string of the molecule is CC1(C)OC2[C@H](O1)[C@H](n1cnc3c(Cl)nc(Cl)nc31)[C@H]1C[C@@]21CP=O.CC1(C)O[C@@H]2[C@H](O1)C(CP=O)=C[C@@H]2O.CC1(C)O[C@H]2[C@@H](O)[C@H]3C[C@@]3(CP=O)[C@H]2O1. The van der Waals surface area contributed by atoms with Crippen LogP contribution in [0.15, 0.2) is 18.0 Å². The summed E-state index contributed by atoms with van der Waals surface area (Å²) in [6, 6.07) is -0.0134. The number of nitrogens with zero attached hydrogens (tertiary/aromatic N) is 4. The Kier molecular flexibility index (Phi) is 10.1. The molecule has 15 nitrogen and oxygen atoms in total.